The maximum Gasteiger partial charge on any atom is 0.288 e. The first kappa shape index (κ1) is 24.1. The molecular weight excluding hydrogens is 488 g/mol. The summed E-state index contributed by atoms with van der Waals surface area (Å²) in [6.45, 7) is 4.99. The van der Waals surface area contributed by atoms with Crippen molar-refractivity contribution >= 4 is 54.4 Å². The molecule has 2 heterocycles. The van der Waals surface area contributed by atoms with Crippen molar-refractivity contribution in [2.24, 2.45) is 11.8 Å². The van der Waals surface area contributed by atoms with Crippen LogP contribution in [0, 0.1) is 11.8 Å². The predicted molar refractivity (Wildman–Crippen MR) is 128 cm³/mol. The first-order valence-electron chi connectivity index (χ1n) is 10.4. The van der Waals surface area contributed by atoms with Crippen LogP contribution in [-0.2, 0) is 10.0 Å². The normalized spacial score (nSPS) is 19.8. The van der Waals surface area contributed by atoms with Crippen LogP contribution in [0.4, 0.5) is 13.9 Å². The lowest BCUT2D eigenvalue weighted by Crippen LogP contribution is -2.42. The van der Waals surface area contributed by atoms with Crippen LogP contribution in [0.5, 0.6) is 0 Å². The van der Waals surface area contributed by atoms with Crippen LogP contribution in [0.1, 0.15) is 30.6 Å². The second-order valence-corrected chi connectivity index (χ2v) is 12.3. The average Bonchev–Trinajstić information content (AvgIpc) is 3.14. The van der Waals surface area contributed by atoms with Gasteiger partial charge < -0.3 is 0 Å². The van der Waals surface area contributed by atoms with Crippen molar-refractivity contribution in [3.63, 3.8) is 0 Å². The minimum Gasteiger partial charge on any atom is -0.298 e. The maximum absolute atomic E-state index is 13.2. The third-order valence-electron chi connectivity index (χ3n) is 5.37. The largest absolute Gasteiger partial charge is 0.298 e. The Balaban J connectivity index is 1.53. The Morgan fingerprint density at radius 2 is 1.91 bits per heavy atom. The lowest BCUT2D eigenvalue weighted by Gasteiger charge is -2.34. The molecule has 1 amide bonds. The molecule has 0 unspecified atom stereocenters. The highest BCUT2D eigenvalue weighted by molar-refractivity contribution is 7.99. The minimum atomic E-state index is -3.72. The third-order valence-corrected chi connectivity index (χ3v) is 8.84. The van der Waals surface area contributed by atoms with E-state index in [1.807, 2.05) is 13.8 Å². The SMILES string of the molecule is C[C@@H]1C[C@H](C)CN(S(=O)(=O)c2cccc(C(=O)Nc3nc4ccc(SC(F)F)cc4s3)c2)C1. The van der Waals surface area contributed by atoms with Crippen molar-refractivity contribution in [1.29, 1.82) is 0 Å². The summed E-state index contributed by atoms with van der Waals surface area (Å²) in [6, 6.07) is 10.7. The number of thiazole rings is 1. The van der Waals surface area contributed by atoms with Gasteiger partial charge in [-0.25, -0.2) is 13.4 Å². The molecule has 6 nitrogen and oxygen atoms in total. The van der Waals surface area contributed by atoms with Gasteiger partial charge in [-0.3, -0.25) is 10.1 Å². The van der Waals surface area contributed by atoms with Crippen LogP contribution in [0.25, 0.3) is 10.2 Å². The van der Waals surface area contributed by atoms with E-state index in [1.165, 1.54) is 27.8 Å². The van der Waals surface area contributed by atoms with Gasteiger partial charge in [0.15, 0.2) is 5.13 Å². The average molecular weight is 512 g/mol. The molecule has 1 N–H and O–H groups in total. The summed E-state index contributed by atoms with van der Waals surface area (Å²) in [7, 11) is -3.72. The molecule has 0 radical (unpaired) electrons. The summed E-state index contributed by atoms with van der Waals surface area (Å²) < 4.78 is 53.7. The fourth-order valence-corrected chi connectivity index (χ4v) is 7.29. The zero-order valence-corrected chi connectivity index (χ0v) is 20.4. The first-order valence-corrected chi connectivity index (χ1v) is 13.5. The third kappa shape index (κ3) is 5.53. The number of nitrogens with zero attached hydrogens (tertiary/aromatic N) is 2. The molecule has 176 valence electrons. The number of amides is 1. The van der Waals surface area contributed by atoms with Crippen LogP contribution in [0.15, 0.2) is 52.3 Å². The molecule has 0 spiro atoms. The number of fused-ring (bicyclic) bond motifs is 1. The highest BCUT2D eigenvalue weighted by Crippen LogP contribution is 2.33. The van der Waals surface area contributed by atoms with E-state index >= 15 is 0 Å². The fourth-order valence-electron chi connectivity index (χ4n) is 4.05. The first-order chi connectivity index (χ1) is 15.6. The Bertz CT molecular complexity index is 1270. The van der Waals surface area contributed by atoms with Crippen molar-refractivity contribution in [3.8, 4) is 0 Å². The topological polar surface area (TPSA) is 79.4 Å². The number of anilines is 1. The van der Waals surface area contributed by atoms with Crippen LogP contribution in [-0.4, -0.2) is 42.5 Å². The van der Waals surface area contributed by atoms with E-state index in [4.69, 9.17) is 0 Å². The Kier molecular flexibility index (Phi) is 7.04. The van der Waals surface area contributed by atoms with Crippen molar-refractivity contribution in [2.45, 2.75) is 35.8 Å². The summed E-state index contributed by atoms with van der Waals surface area (Å²) in [6.07, 6.45) is 0.985. The van der Waals surface area contributed by atoms with Gasteiger partial charge in [-0.15, -0.1) is 0 Å². The molecule has 1 aliphatic rings. The van der Waals surface area contributed by atoms with Gasteiger partial charge in [0.2, 0.25) is 10.0 Å². The van der Waals surface area contributed by atoms with Crippen molar-refractivity contribution in [3.05, 3.63) is 48.0 Å². The lowest BCUT2D eigenvalue weighted by atomic mass is 9.94. The number of thioether (sulfide) groups is 1. The number of sulfonamides is 1. The van der Waals surface area contributed by atoms with Crippen LogP contribution in [0.3, 0.4) is 0 Å². The molecule has 1 fully saturated rings. The highest BCUT2D eigenvalue weighted by atomic mass is 32.2. The number of nitrogens with one attached hydrogen (secondary N) is 1. The van der Waals surface area contributed by atoms with E-state index in [0.717, 1.165) is 6.42 Å². The Labute approximate surface area is 199 Å². The van der Waals surface area contributed by atoms with E-state index in [2.05, 4.69) is 10.3 Å². The summed E-state index contributed by atoms with van der Waals surface area (Å²) in [5, 5.41) is 2.99. The monoisotopic (exact) mass is 511 g/mol. The summed E-state index contributed by atoms with van der Waals surface area (Å²) >= 11 is 1.61. The number of rotatable bonds is 6. The van der Waals surface area contributed by atoms with E-state index in [0.29, 0.717) is 45.1 Å². The molecule has 11 heteroatoms. The molecule has 2 aromatic carbocycles. The summed E-state index contributed by atoms with van der Waals surface area (Å²) in [4.78, 5) is 17.6. The molecule has 1 aliphatic heterocycles. The Morgan fingerprint density at radius 3 is 2.61 bits per heavy atom. The van der Waals surface area contributed by atoms with Crippen LogP contribution >= 0.6 is 23.1 Å². The van der Waals surface area contributed by atoms with Crippen molar-refractivity contribution < 1.29 is 22.0 Å². The molecule has 0 saturated carbocycles. The van der Waals surface area contributed by atoms with Gasteiger partial charge in [-0.05, 0) is 54.7 Å². The Morgan fingerprint density at radius 1 is 1.18 bits per heavy atom. The molecular formula is C22H23F2N3O3S3. The Hall–Kier alpha value is -2.08. The number of carbonyl (C=O) groups is 1. The van der Waals surface area contributed by atoms with Gasteiger partial charge in [-0.1, -0.05) is 43.0 Å². The van der Waals surface area contributed by atoms with E-state index < -0.39 is 21.7 Å². The van der Waals surface area contributed by atoms with Crippen LogP contribution < -0.4 is 5.32 Å². The molecule has 33 heavy (non-hydrogen) atoms. The molecule has 0 bridgehead atoms. The number of alkyl halides is 2. The number of halogens is 2. The number of carbonyl (C=O) groups excluding carboxylic acids is 1. The van der Waals surface area contributed by atoms with Gasteiger partial charge >= 0.3 is 0 Å². The predicted octanol–water partition coefficient (Wildman–Crippen LogP) is 5.53. The second-order valence-electron chi connectivity index (χ2n) is 8.28. The zero-order valence-electron chi connectivity index (χ0n) is 18.0. The molecule has 1 saturated heterocycles. The molecule has 4 rings (SSSR count). The van der Waals surface area contributed by atoms with Gasteiger partial charge in [0, 0.05) is 23.5 Å². The van der Waals surface area contributed by atoms with Gasteiger partial charge in [0.25, 0.3) is 11.7 Å². The summed E-state index contributed by atoms with van der Waals surface area (Å²) in [5.74, 6) is -2.47. The van der Waals surface area contributed by atoms with E-state index in [1.54, 1.807) is 30.3 Å². The molecule has 2 atom stereocenters. The van der Waals surface area contributed by atoms with Gasteiger partial charge in [0.05, 0.1) is 15.1 Å². The molecule has 0 aliphatic carbocycles. The van der Waals surface area contributed by atoms with E-state index in [9.17, 15) is 22.0 Å². The fraction of sp³-hybridized carbons (Fsp3) is 0.364. The smallest absolute Gasteiger partial charge is 0.288 e. The number of hydrogen-bond donors (Lipinski definition) is 1. The molecule has 1 aromatic heterocycles. The highest BCUT2D eigenvalue weighted by Gasteiger charge is 2.32. The number of hydrogen-bond acceptors (Lipinski definition) is 6. The summed E-state index contributed by atoms with van der Waals surface area (Å²) in [5.41, 5.74) is 0.779. The van der Waals surface area contributed by atoms with E-state index in [-0.39, 0.29) is 22.3 Å². The standard InChI is InChI=1S/C22H23F2N3O3S3/c1-13-8-14(2)12-27(11-13)33(29,30)17-5-3-4-15(9-17)20(28)26-22-25-18-7-6-16(31-21(23)24)10-19(18)32-22/h3-7,9-10,13-14,21H,8,11-12H2,1-2H3,(H,25,26,28)/t13-,14+. The van der Waals surface area contributed by atoms with Gasteiger partial charge in [-0.2, -0.15) is 13.1 Å². The number of piperidine rings is 1. The zero-order chi connectivity index (χ0) is 23.8. The second kappa shape index (κ2) is 9.65. The number of benzene rings is 2. The maximum atomic E-state index is 13.2. The minimum absolute atomic E-state index is 0.0782. The van der Waals surface area contributed by atoms with Gasteiger partial charge in [0.1, 0.15) is 0 Å². The molecule has 3 aromatic rings. The number of aromatic nitrogens is 1. The van der Waals surface area contributed by atoms with Crippen molar-refractivity contribution in [2.75, 3.05) is 18.4 Å². The van der Waals surface area contributed by atoms with Crippen molar-refractivity contribution in [1.82, 2.24) is 9.29 Å². The quantitative estimate of drug-likeness (QED) is 0.440. The lowest BCUT2D eigenvalue weighted by molar-refractivity contribution is 0.102. The van der Waals surface area contributed by atoms with Crippen LogP contribution in [0.2, 0.25) is 0 Å².